The predicted octanol–water partition coefficient (Wildman–Crippen LogP) is 3.58. The Kier molecular flexibility index (Phi) is 3.95. The third-order valence-corrected chi connectivity index (χ3v) is 3.71. The van der Waals surface area contributed by atoms with Crippen molar-refractivity contribution < 1.29 is 0 Å². The molecular formula is C17H19N4. The van der Waals surface area contributed by atoms with E-state index in [1.54, 1.807) is 6.20 Å². The average molecular weight is 279 g/mol. The molecule has 3 aromatic rings. The summed E-state index contributed by atoms with van der Waals surface area (Å²) in [5.41, 5.74) is 2.09. The van der Waals surface area contributed by atoms with Crippen molar-refractivity contribution in [3.63, 3.8) is 0 Å². The van der Waals surface area contributed by atoms with Crippen molar-refractivity contribution in [1.82, 2.24) is 19.7 Å². The third kappa shape index (κ3) is 2.79. The smallest absolute Gasteiger partial charge is 0.162 e. The fourth-order valence-electron chi connectivity index (χ4n) is 2.42. The Morgan fingerprint density at radius 3 is 2.81 bits per heavy atom. The van der Waals surface area contributed by atoms with Crippen molar-refractivity contribution in [2.24, 2.45) is 0 Å². The minimum atomic E-state index is 0.144. The van der Waals surface area contributed by atoms with E-state index < -0.39 is 0 Å². The molecule has 0 saturated carbocycles. The van der Waals surface area contributed by atoms with Crippen LogP contribution in [0.1, 0.15) is 44.1 Å². The molecule has 21 heavy (non-hydrogen) atoms. The van der Waals surface area contributed by atoms with Crippen molar-refractivity contribution in [2.45, 2.75) is 39.2 Å². The second-order valence-corrected chi connectivity index (χ2v) is 5.27. The van der Waals surface area contributed by atoms with Crippen LogP contribution in [-0.2, 0) is 6.42 Å². The van der Waals surface area contributed by atoms with Gasteiger partial charge in [-0.25, -0.2) is 14.6 Å². The number of unbranched alkanes of at least 4 members (excludes halogenated alkanes) is 1. The number of benzene rings is 1. The number of nitrogens with zero attached hydrogens (tertiary/aromatic N) is 4. The van der Waals surface area contributed by atoms with E-state index in [4.69, 9.17) is 0 Å². The zero-order valence-electron chi connectivity index (χ0n) is 12.5. The van der Waals surface area contributed by atoms with Gasteiger partial charge in [0.1, 0.15) is 12.0 Å². The van der Waals surface area contributed by atoms with Crippen LogP contribution in [0.15, 0.2) is 36.5 Å². The Balaban J connectivity index is 1.98. The molecule has 107 valence electrons. The second kappa shape index (κ2) is 6.04. The summed E-state index contributed by atoms with van der Waals surface area (Å²) >= 11 is 0. The van der Waals surface area contributed by atoms with E-state index in [0.717, 1.165) is 36.1 Å². The Labute approximate surface area is 124 Å². The molecule has 0 spiro atoms. The standard InChI is InChI=1S/C17H19N4/c1-3-4-10-16-18-11-15-12-19-21(17(15)20-16)13(2)14-8-6-5-7-9-14/h5-9,12-13H,3-4,10H2,1-2H3. The van der Waals surface area contributed by atoms with E-state index in [2.05, 4.69) is 47.2 Å². The molecule has 1 radical (unpaired) electrons. The van der Waals surface area contributed by atoms with Crippen LogP contribution in [0, 0.1) is 6.20 Å². The SMILES string of the molecule is CCCCc1n[c]c2cnn(C(C)c3ccccc3)c2n1. The van der Waals surface area contributed by atoms with Gasteiger partial charge in [0.05, 0.1) is 17.6 Å². The molecule has 0 saturated heterocycles. The van der Waals surface area contributed by atoms with Crippen LogP contribution < -0.4 is 0 Å². The van der Waals surface area contributed by atoms with E-state index in [9.17, 15) is 0 Å². The van der Waals surface area contributed by atoms with Crippen molar-refractivity contribution >= 4 is 11.0 Å². The lowest BCUT2D eigenvalue weighted by molar-refractivity contribution is 0.577. The van der Waals surface area contributed by atoms with Gasteiger partial charge in [0, 0.05) is 6.42 Å². The Morgan fingerprint density at radius 2 is 2.05 bits per heavy atom. The number of aromatic nitrogens is 4. The predicted molar refractivity (Wildman–Crippen MR) is 83.0 cm³/mol. The lowest BCUT2D eigenvalue weighted by Gasteiger charge is -2.13. The second-order valence-electron chi connectivity index (χ2n) is 5.27. The van der Waals surface area contributed by atoms with Crippen LogP contribution in [0.2, 0.25) is 0 Å². The summed E-state index contributed by atoms with van der Waals surface area (Å²) in [5.74, 6) is 0.853. The first-order valence-corrected chi connectivity index (χ1v) is 7.46. The van der Waals surface area contributed by atoms with Gasteiger partial charge in [0.25, 0.3) is 0 Å². The first-order chi connectivity index (χ1) is 10.3. The Morgan fingerprint density at radius 1 is 1.24 bits per heavy atom. The van der Waals surface area contributed by atoms with Crippen LogP contribution in [0.4, 0.5) is 0 Å². The third-order valence-electron chi connectivity index (χ3n) is 3.71. The molecule has 0 amide bonds. The molecule has 0 aliphatic heterocycles. The van der Waals surface area contributed by atoms with E-state index in [-0.39, 0.29) is 6.04 Å². The van der Waals surface area contributed by atoms with E-state index in [1.807, 2.05) is 22.9 Å². The number of hydrogen-bond acceptors (Lipinski definition) is 3. The summed E-state index contributed by atoms with van der Waals surface area (Å²) in [6, 6.07) is 10.5. The molecule has 1 aromatic carbocycles. The van der Waals surface area contributed by atoms with E-state index in [1.165, 1.54) is 5.56 Å². The van der Waals surface area contributed by atoms with E-state index >= 15 is 0 Å². The van der Waals surface area contributed by atoms with Gasteiger partial charge in [-0.2, -0.15) is 5.10 Å². The van der Waals surface area contributed by atoms with Gasteiger partial charge in [0.15, 0.2) is 5.65 Å². The number of aryl methyl sites for hydroxylation is 1. The van der Waals surface area contributed by atoms with Crippen LogP contribution in [0.5, 0.6) is 0 Å². The minimum Gasteiger partial charge on any atom is -0.240 e. The molecular weight excluding hydrogens is 260 g/mol. The maximum absolute atomic E-state index is 4.68. The minimum absolute atomic E-state index is 0.144. The van der Waals surface area contributed by atoms with Gasteiger partial charge in [-0.15, -0.1) is 0 Å². The summed E-state index contributed by atoms with van der Waals surface area (Å²) in [7, 11) is 0. The molecule has 0 aliphatic carbocycles. The summed E-state index contributed by atoms with van der Waals surface area (Å²) in [5, 5.41) is 5.35. The van der Waals surface area contributed by atoms with Gasteiger partial charge in [0.2, 0.25) is 0 Å². The topological polar surface area (TPSA) is 43.6 Å². The molecule has 2 aromatic heterocycles. The maximum Gasteiger partial charge on any atom is 0.162 e. The van der Waals surface area contributed by atoms with Crippen molar-refractivity contribution in [3.8, 4) is 0 Å². The van der Waals surface area contributed by atoms with Crippen molar-refractivity contribution in [1.29, 1.82) is 0 Å². The van der Waals surface area contributed by atoms with Crippen molar-refractivity contribution in [3.05, 3.63) is 54.1 Å². The van der Waals surface area contributed by atoms with Gasteiger partial charge in [-0.1, -0.05) is 43.7 Å². The summed E-state index contributed by atoms with van der Waals surface area (Å²) < 4.78 is 1.96. The lowest BCUT2D eigenvalue weighted by atomic mass is 10.1. The maximum atomic E-state index is 4.68. The highest BCUT2D eigenvalue weighted by Crippen LogP contribution is 2.21. The zero-order chi connectivity index (χ0) is 14.7. The highest BCUT2D eigenvalue weighted by atomic mass is 15.3. The van der Waals surface area contributed by atoms with E-state index in [0.29, 0.717) is 0 Å². The zero-order valence-corrected chi connectivity index (χ0v) is 12.5. The molecule has 4 nitrogen and oxygen atoms in total. The molecule has 0 bridgehead atoms. The van der Waals surface area contributed by atoms with Crippen molar-refractivity contribution in [2.75, 3.05) is 0 Å². The first kappa shape index (κ1) is 13.7. The van der Waals surface area contributed by atoms with Gasteiger partial charge in [-0.05, 0) is 18.9 Å². The molecule has 0 fully saturated rings. The molecule has 3 rings (SSSR count). The summed E-state index contributed by atoms with van der Waals surface area (Å²) in [6.07, 6.45) is 7.98. The van der Waals surface area contributed by atoms with Crippen LogP contribution in [0.3, 0.4) is 0 Å². The van der Waals surface area contributed by atoms with Crippen LogP contribution >= 0.6 is 0 Å². The van der Waals surface area contributed by atoms with Crippen LogP contribution in [0.25, 0.3) is 11.0 Å². The fraction of sp³-hybridized carbons (Fsp3) is 0.353. The summed E-state index contributed by atoms with van der Waals surface area (Å²) in [6.45, 7) is 4.31. The molecule has 0 aliphatic rings. The highest BCUT2D eigenvalue weighted by molar-refractivity contribution is 5.72. The molecule has 2 heterocycles. The highest BCUT2D eigenvalue weighted by Gasteiger charge is 2.14. The number of hydrogen-bond donors (Lipinski definition) is 0. The Hall–Kier alpha value is -2.23. The molecule has 4 heteroatoms. The van der Waals surface area contributed by atoms with Gasteiger partial charge >= 0.3 is 0 Å². The molecule has 0 N–H and O–H groups in total. The fourth-order valence-corrected chi connectivity index (χ4v) is 2.42. The van der Waals surface area contributed by atoms with Gasteiger partial charge in [-0.3, -0.25) is 0 Å². The molecule has 1 unspecified atom stereocenters. The number of rotatable bonds is 5. The Bertz CT molecular complexity index is 718. The lowest BCUT2D eigenvalue weighted by Crippen LogP contribution is -2.09. The largest absolute Gasteiger partial charge is 0.240 e. The average Bonchev–Trinajstić information content (AvgIpc) is 2.96. The van der Waals surface area contributed by atoms with Crippen LogP contribution in [-0.4, -0.2) is 19.7 Å². The quantitative estimate of drug-likeness (QED) is 0.717. The number of fused-ring (bicyclic) bond motifs is 1. The monoisotopic (exact) mass is 279 g/mol. The summed E-state index contributed by atoms with van der Waals surface area (Å²) in [4.78, 5) is 8.98. The normalized spacial score (nSPS) is 12.7. The molecule has 1 atom stereocenters. The van der Waals surface area contributed by atoms with Gasteiger partial charge < -0.3 is 0 Å². The first-order valence-electron chi connectivity index (χ1n) is 7.46.